The zero-order valence-electron chi connectivity index (χ0n) is 6.03. The first-order chi connectivity index (χ1) is 5.47. The molecule has 2 heterocycles. The Morgan fingerprint density at radius 1 is 1.36 bits per heavy atom. The van der Waals surface area contributed by atoms with Crippen LogP contribution in [0.3, 0.4) is 0 Å². The molecule has 1 aliphatic rings. The lowest BCUT2D eigenvalue weighted by Gasteiger charge is -2.01. The number of thiophene rings is 1. The molecule has 0 amide bonds. The zero-order chi connectivity index (χ0) is 7.52. The van der Waals surface area contributed by atoms with E-state index in [0.717, 1.165) is 18.8 Å². The van der Waals surface area contributed by atoms with Crippen LogP contribution < -0.4 is 0 Å². The van der Waals surface area contributed by atoms with Crippen LogP contribution in [0.2, 0.25) is 0 Å². The van der Waals surface area contributed by atoms with E-state index in [2.05, 4.69) is 21.4 Å². The molecule has 1 aromatic rings. The van der Waals surface area contributed by atoms with E-state index >= 15 is 0 Å². The summed E-state index contributed by atoms with van der Waals surface area (Å²) in [6.07, 6.45) is 1.86. The first kappa shape index (κ1) is 6.73. The normalized spacial score (nSPS) is 16.5. The van der Waals surface area contributed by atoms with Crippen LogP contribution in [0.4, 0.5) is 0 Å². The van der Waals surface area contributed by atoms with E-state index in [1.54, 1.807) is 11.3 Å². The highest BCUT2D eigenvalue weighted by Crippen LogP contribution is 2.10. The molecule has 0 atom stereocenters. The molecular weight excluding hydrogens is 156 g/mol. The highest BCUT2D eigenvalue weighted by atomic mass is 32.1. The van der Waals surface area contributed by atoms with Gasteiger partial charge < -0.3 is 0 Å². The van der Waals surface area contributed by atoms with Crippen LogP contribution in [0.1, 0.15) is 4.88 Å². The van der Waals surface area contributed by atoms with Gasteiger partial charge in [0.2, 0.25) is 0 Å². The molecule has 2 nitrogen and oxygen atoms in total. The van der Waals surface area contributed by atoms with Gasteiger partial charge in [0.15, 0.2) is 0 Å². The Bertz CT molecular complexity index is 285. The summed E-state index contributed by atoms with van der Waals surface area (Å²) in [5, 5.41) is 2.06. The topological polar surface area (TPSA) is 24.7 Å². The van der Waals surface area contributed by atoms with Gasteiger partial charge >= 0.3 is 0 Å². The number of aliphatic imine (C=N–C) groups is 2. The molecule has 0 fully saturated rings. The van der Waals surface area contributed by atoms with Crippen LogP contribution in [0.15, 0.2) is 27.5 Å². The molecule has 0 unspecified atom stereocenters. The largest absolute Gasteiger partial charge is 0.289 e. The third-order valence-electron chi connectivity index (χ3n) is 1.50. The van der Waals surface area contributed by atoms with E-state index in [9.17, 15) is 0 Å². The molecule has 0 radical (unpaired) electrons. The fraction of sp³-hybridized carbons (Fsp3) is 0.250. The molecule has 0 spiro atoms. The maximum absolute atomic E-state index is 4.35. The first-order valence-electron chi connectivity index (χ1n) is 3.55. The minimum atomic E-state index is 0.837. The van der Waals surface area contributed by atoms with Gasteiger partial charge in [-0.1, -0.05) is 6.07 Å². The number of hydrogen-bond acceptors (Lipinski definition) is 3. The fourth-order valence-corrected chi connectivity index (χ4v) is 1.68. The smallest absolute Gasteiger partial charge is 0.0925 e. The molecule has 56 valence electrons. The summed E-state index contributed by atoms with van der Waals surface area (Å²) < 4.78 is 0. The first-order valence-corrected chi connectivity index (χ1v) is 4.43. The molecule has 0 saturated carbocycles. The van der Waals surface area contributed by atoms with Gasteiger partial charge in [-0.3, -0.25) is 9.98 Å². The van der Waals surface area contributed by atoms with E-state index in [1.165, 1.54) is 4.88 Å². The Hall–Kier alpha value is -0.960. The monoisotopic (exact) mass is 164 g/mol. The molecule has 11 heavy (non-hydrogen) atoms. The molecular formula is C8H8N2S. The van der Waals surface area contributed by atoms with E-state index in [-0.39, 0.29) is 0 Å². The Labute approximate surface area is 69.3 Å². The van der Waals surface area contributed by atoms with Crippen molar-refractivity contribution in [2.45, 2.75) is 0 Å². The predicted molar refractivity (Wildman–Crippen MR) is 49.1 cm³/mol. The second kappa shape index (κ2) is 2.96. The molecule has 1 aromatic heterocycles. The van der Waals surface area contributed by atoms with Crippen molar-refractivity contribution >= 4 is 23.3 Å². The number of nitrogens with zero attached hydrogens (tertiary/aromatic N) is 2. The summed E-state index contributed by atoms with van der Waals surface area (Å²) in [5.74, 6) is 0. The van der Waals surface area contributed by atoms with E-state index in [4.69, 9.17) is 0 Å². The minimum absolute atomic E-state index is 0.837. The predicted octanol–water partition coefficient (Wildman–Crippen LogP) is 1.62. The second-order valence-electron chi connectivity index (χ2n) is 2.28. The van der Waals surface area contributed by atoms with Gasteiger partial charge in [0.25, 0.3) is 0 Å². The van der Waals surface area contributed by atoms with Crippen molar-refractivity contribution in [1.82, 2.24) is 0 Å². The standard InChI is InChI=1S/C8H8N2S/c1-2-8(11-5-1)7-6-9-3-4-10-7/h1-2,5-6H,3-4H2. The third kappa shape index (κ3) is 1.38. The fourth-order valence-electron chi connectivity index (χ4n) is 0.986. The lowest BCUT2D eigenvalue weighted by atomic mass is 10.3. The quantitative estimate of drug-likeness (QED) is 0.602. The maximum atomic E-state index is 4.35. The molecule has 2 rings (SSSR count). The van der Waals surface area contributed by atoms with Gasteiger partial charge in [-0.05, 0) is 11.4 Å². The summed E-state index contributed by atoms with van der Waals surface area (Å²) in [7, 11) is 0. The lowest BCUT2D eigenvalue weighted by Crippen LogP contribution is -2.08. The molecule has 0 aromatic carbocycles. The van der Waals surface area contributed by atoms with Gasteiger partial charge in [-0.25, -0.2) is 0 Å². The van der Waals surface area contributed by atoms with E-state index < -0.39 is 0 Å². The Morgan fingerprint density at radius 2 is 2.36 bits per heavy atom. The Kier molecular flexibility index (Phi) is 1.81. The Balaban J connectivity index is 2.29. The van der Waals surface area contributed by atoms with Crippen LogP contribution in [-0.4, -0.2) is 25.0 Å². The lowest BCUT2D eigenvalue weighted by molar-refractivity contribution is 0.971. The molecule has 1 aliphatic heterocycles. The summed E-state index contributed by atoms with van der Waals surface area (Å²) >= 11 is 1.71. The van der Waals surface area contributed by atoms with E-state index in [1.807, 2.05) is 12.3 Å². The number of rotatable bonds is 1. The number of hydrogen-bond donors (Lipinski definition) is 0. The van der Waals surface area contributed by atoms with Crippen molar-refractivity contribution in [2.24, 2.45) is 9.98 Å². The highest BCUT2D eigenvalue weighted by Gasteiger charge is 2.02. The highest BCUT2D eigenvalue weighted by molar-refractivity contribution is 7.12. The third-order valence-corrected chi connectivity index (χ3v) is 2.39. The van der Waals surface area contributed by atoms with Crippen molar-refractivity contribution in [3.8, 4) is 0 Å². The maximum Gasteiger partial charge on any atom is 0.0925 e. The molecule has 0 saturated heterocycles. The van der Waals surface area contributed by atoms with Gasteiger partial charge in [0, 0.05) is 6.21 Å². The van der Waals surface area contributed by atoms with Crippen LogP contribution in [-0.2, 0) is 0 Å². The molecule has 3 heteroatoms. The van der Waals surface area contributed by atoms with Crippen LogP contribution in [0.25, 0.3) is 0 Å². The van der Waals surface area contributed by atoms with Crippen molar-refractivity contribution in [3.63, 3.8) is 0 Å². The van der Waals surface area contributed by atoms with Crippen LogP contribution in [0.5, 0.6) is 0 Å². The van der Waals surface area contributed by atoms with Gasteiger partial charge in [-0.2, -0.15) is 0 Å². The molecule has 0 bridgehead atoms. The summed E-state index contributed by atoms with van der Waals surface area (Å²) in [6, 6.07) is 4.10. The second-order valence-corrected chi connectivity index (χ2v) is 3.23. The van der Waals surface area contributed by atoms with Gasteiger partial charge in [-0.15, -0.1) is 11.3 Å². The van der Waals surface area contributed by atoms with Crippen molar-refractivity contribution in [3.05, 3.63) is 22.4 Å². The van der Waals surface area contributed by atoms with Crippen molar-refractivity contribution in [2.75, 3.05) is 13.1 Å². The zero-order valence-corrected chi connectivity index (χ0v) is 6.84. The Morgan fingerprint density at radius 3 is 3.00 bits per heavy atom. The van der Waals surface area contributed by atoms with E-state index in [0.29, 0.717) is 0 Å². The van der Waals surface area contributed by atoms with Gasteiger partial charge in [0.1, 0.15) is 0 Å². The van der Waals surface area contributed by atoms with Crippen molar-refractivity contribution < 1.29 is 0 Å². The summed E-state index contributed by atoms with van der Waals surface area (Å²) in [5.41, 5.74) is 1.03. The minimum Gasteiger partial charge on any atom is -0.289 e. The molecule has 0 aliphatic carbocycles. The average Bonchev–Trinajstić information content (AvgIpc) is 2.58. The summed E-state index contributed by atoms with van der Waals surface area (Å²) in [6.45, 7) is 1.68. The summed E-state index contributed by atoms with van der Waals surface area (Å²) in [4.78, 5) is 9.73. The van der Waals surface area contributed by atoms with Crippen molar-refractivity contribution in [1.29, 1.82) is 0 Å². The van der Waals surface area contributed by atoms with Crippen LogP contribution >= 0.6 is 11.3 Å². The van der Waals surface area contributed by atoms with Gasteiger partial charge in [0.05, 0.1) is 23.7 Å². The average molecular weight is 164 g/mol. The SMILES string of the molecule is C1=NCCN=C1c1cccs1. The van der Waals surface area contributed by atoms with Crippen LogP contribution in [0, 0.1) is 0 Å². The molecule has 0 N–H and O–H groups in total.